The summed E-state index contributed by atoms with van der Waals surface area (Å²) in [5, 5.41) is 3.24. The molecule has 2 aromatic rings. The monoisotopic (exact) mass is 241 g/mol. The van der Waals surface area contributed by atoms with Crippen LogP contribution in [-0.2, 0) is 0 Å². The molecule has 1 unspecified atom stereocenters. The molecule has 0 bridgehead atoms. The van der Waals surface area contributed by atoms with Gasteiger partial charge in [0, 0.05) is 6.04 Å². The molecule has 0 aliphatic carbocycles. The van der Waals surface area contributed by atoms with Gasteiger partial charge in [-0.2, -0.15) is 0 Å². The predicted molar refractivity (Wildman–Crippen MR) is 75.9 cm³/mol. The van der Waals surface area contributed by atoms with Gasteiger partial charge >= 0.3 is 0 Å². The highest BCUT2D eigenvalue weighted by molar-refractivity contribution is 5.65. The van der Waals surface area contributed by atoms with Crippen LogP contribution in [0.5, 0.6) is 5.75 Å². The number of methoxy groups -OCH3 is 1. The van der Waals surface area contributed by atoms with Crippen molar-refractivity contribution in [1.82, 2.24) is 5.32 Å². The molecule has 0 fully saturated rings. The lowest BCUT2D eigenvalue weighted by Crippen LogP contribution is -2.11. The topological polar surface area (TPSA) is 21.3 Å². The van der Waals surface area contributed by atoms with Crippen molar-refractivity contribution in [3.8, 4) is 16.9 Å². The van der Waals surface area contributed by atoms with Crippen LogP contribution >= 0.6 is 0 Å². The minimum atomic E-state index is 0.379. The Morgan fingerprint density at radius 2 is 1.72 bits per heavy atom. The lowest BCUT2D eigenvalue weighted by Gasteiger charge is -2.11. The largest absolute Gasteiger partial charge is 0.497 e. The molecule has 0 saturated carbocycles. The van der Waals surface area contributed by atoms with E-state index in [1.807, 2.05) is 19.2 Å². The molecule has 18 heavy (non-hydrogen) atoms. The molecule has 0 radical (unpaired) electrons. The molecule has 0 aliphatic heterocycles. The molecular formula is C16H19NO. The molecule has 2 aromatic carbocycles. The third kappa shape index (κ3) is 2.71. The van der Waals surface area contributed by atoms with Crippen molar-refractivity contribution in [1.29, 1.82) is 0 Å². The van der Waals surface area contributed by atoms with Crippen molar-refractivity contribution in [2.24, 2.45) is 0 Å². The Hall–Kier alpha value is -1.80. The average Bonchev–Trinajstić information content (AvgIpc) is 2.46. The summed E-state index contributed by atoms with van der Waals surface area (Å²) in [6.07, 6.45) is 0. The van der Waals surface area contributed by atoms with Gasteiger partial charge in [0.05, 0.1) is 7.11 Å². The molecule has 2 heteroatoms. The highest BCUT2D eigenvalue weighted by Crippen LogP contribution is 2.25. The van der Waals surface area contributed by atoms with Gasteiger partial charge in [0.15, 0.2) is 0 Å². The minimum Gasteiger partial charge on any atom is -0.497 e. The van der Waals surface area contributed by atoms with Crippen molar-refractivity contribution >= 4 is 0 Å². The fourth-order valence-electron chi connectivity index (χ4n) is 1.93. The number of hydrogen-bond acceptors (Lipinski definition) is 2. The van der Waals surface area contributed by atoms with Crippen LogP contribution < -0.4 is 10.1 Å². The summed E-state index contributed by atoms with van der Waals surface area (Å²) in [6.45, 7) is 2.15. The fourth-order valence-corrected chi connectivity index (χ4v) is 1.93. The number of hydrogen-bond donors (Lipinski definition) is 1. The van der Waals surface area contributed by atoms with E-state index in [9.17, 15) is 0 Å². The predicted octanol–water partition coefficient (Wildman–Crippen LogP) is 3.64. The quantitative estimate of drug-likeness (QED) is 0.882. The average molecular weight is 241 g/mol. The molecule has 0 aromatic heterocycles. The zero-order valence-corrected chi connectivity index (χ0v) is 11.1. The van der Waals surface area contributed by atoms with Crippen LogP contribution in [0.15, 0.2) is 48.5 Å². The molecule has 2 rings (SSSR count). The minimum absolute atomic E-state index is 0.379. The molecular weight excluding hydrogens is 222 g/mol. The number of nitrogens with one attached hydrogen (secondary N) is 1. The summed E-state index contributed by atoms with van der Waals surface area (Å²) < 4.78 is 5.25. The third-order valence-electron chi connectivity index (χ3n) is 3.25. The molecule has 1 N–H and O–H groups in total. The number of rotatable bonds is 4. The summed E-state index contributed by atoms with van der Waals surface area (Å²) in [5.74, 6) is 0.889. The van der Waals surface area contributed by atoms with Crippen molar-refractivity contribution in [3.63, 3.8) is 0 Å². The van der Waals surface area contributed by atoms with Gasteiger partial charge in [0.2, 0.25) is 0 Å². The van der Waals surface area contributed by atoms with Gasteiger partial charge in [-0.25, -0.2) is 0 Å². The van der Waals surface area contributed by atoms with Gasteiger partial charge < -0.3 is 10.1 Å². The second-order valence-corrected chi connectivity index (χ2v) is 4.36. The van der Waals surface area contributed by atoms with Gasteiger partial charge in [0.25, 0.3) is 0 Å². The first-order valence-corrected chi connectivity index (χ1v) is 6.16. The van der Waals surface area contributed by atoms with E-state index in [4.69, 9.17) is 4.74 Å². The van der Waals surface area contributed by atoms with Crippen molar-refractivity contribution in [3.05, 3.63) is 54.1 Å². The van der Waals surface area contributed by atoms with Gasteiger partial charge in [-0.15, -0.1) is 0 Å². The van der Waals surface area contributed by atoms with Crippen molar-refractivity contribution in [2.75, 3.05) is 14.2 Å². The molecule has 0 amide bonds. The lowest BCUT2D eigenvalue weighted by molar-refractivity contribution is 0.415. The maximum absolute atomic E-state index is 5.25. The molecule has 0 heterocycles. The molecule has 0 saturated heterocycles. The fraction of sp³-hybridized carbons (Fsp3) is 0.250. The summed E-state index contributed by atoms with van der Waals surface area (Å²) in [4.78, 5) is 0. The molecule has 1 atom stereocenters. The van der Waals surface area contributed by atoms with E-state index in [1.165, 1.54) is 16.7 Å². The van der Waals surface area contributed by atoms with Gasteiger partial charge in [-0.05, 0) is 42.8 Å². The molecule has 0 spiro atoms. The molecule has 0 aliphatic rings. The normalized spacial score (nSPS) is 12.2. The summed E-state index contributed by atoms with van der Waals surface area (Å²) in [6, 6.07) is 17.1. The van der Waals surface area contributed by atoms with Gasteiger partial charge in [-0.3, -0.25) is 0 Å². The van der Waals surface area contributed by atoms with Gasteiger partial charge in [0.1, 0.15) is 5.75 Å². The Balaban J connectivity index is 2.28. The third-order valence-corrected chi connectivity index (χ3v) is 3.25. The first-order chi connectivity index (χ1) is 8.74. The lowest BCUT2D eigenvalue weighted by atomic mass is 10.0. The van der Waals surface area contributed by atoms with E-state index in [2.05, 4.69) is 48.6 Å². The molecule has 94 valence electrons. The van der Waals surface area contributed by atoms with Crippen LogP contribution in [-0.4, -0.2) is 14.2 Å². The number of ether oxygens (including phenoxy) is 1. The molecule has 2 nitrogen and oxygen atoms in total. The summed E-state index contributed by atoms with van der Waals surface area (Å²) in [7, 11) is 3.66. The highest BCUT2D eigenvalue weighted by atomic mass is 16.5. The van der Waals surface area contributed by atoms with Crippen molar-refractivity contribution < 1.29 is 4.74 Å². The second-order valence-electron chi connectivity index (χ2n) is 4.36. The zero-order chi connectivity index (χ0) is 13.0. The van der Waals surface area contributed by atoms with E-state index < -0.39 is 0 Å². The Morgan fingerprint density at radius 1 is 1.00 bits per heavy atom. The Labute approximate surface area is 109 Å². The van der Waals surface area contributed by atoms with Crippen LogP contribution in [0, 0.1) is 0 Å². The van der Waals surface area contributed by atoms with Crippen LogP contribution in [0.4, 0.5) is 0 Å². The van der Waals surface area contributed by atoms with Crippen LogP contribution in [0.1, 0.15) is 18.5 Å². The van der Waals surface area contributed by atoms with E-state index >= 15 is 0 Å². The second kappa shape index (κ2) is 5.69. The maximum atomic E-state index is 5.25. The first-order valence-electron chi connectivity index (χ1n) is 6.16. The SMILES string of the molecule is CNC(C)c1ccc(-c2cccc(OC)c2)cc1. The van der Waals surface area contributed by atoms with Gasteiger partial charge in [-0.1, -0.05) is 36.4 Å². The van der Waals surface area contributed by atoms with E-state index in [1.54, 1.807) is 7.11 Å². The summed E-state index contributed by atoms with van der Waals surface area (Å²) >= 11 is 0. The smallest absolute Gasteiger partial charge is 0.119 e. The highest BCUT2D eigenvalue weighted by Gasteiger charge is 2.03. The van der Waals surface area contributed by atoms with E-state index in [-0.39, 0.29) is 0 Å². The van der Waals surface area contributed by atoms with Crippen LogP contribution in [0.3, 0.4) is 0 Å². The first kappa shape index (κ1) is 12.7. The van der Waals surface area contributed by atoms with E-state index in [0.717, 1.165) is 5.75 Å². The maximum Gasteiger partial charge on any atom is 0.119 e. The Bertz CT molecular complexity index is 505. The van der Waals surface area contributed by atoms with Crippen LogP contribution in [0.25, 0.3) is 11.1 Å². The summed E-state index contributed by atoms with van der Waals surface area (Å²) in [5.41, 5.74) is 3.68. The van der Waals surface area contributed by atoms with Crippen molar-refractivity contribution in [2.45, 2.75) is 13.0 Å². The number of benzene rings is 2. The standard InChI is InChI=1S/C16H19NO/c1-12(17-2)13-7-9-14(10-8-13)15-5-4-6-16(11-15)18-3/h4-12,17H,1-3H3. The van der Waals surface area contributed by atoms with Crippen LogP contribution in [0.2, 0.25) is 0 Å². The Kier molecular flexibility index (Phi) is 4.00. The Morgan fingerprint density at radius 3 is 2.33 bits per heavy atom. The van der Waals surface area contributed by atoms with E-state index in [0.29, 0.717) is 6.04 Å². The zero-order valence-electron chi connectivity index (χ0n) is 11.1.